The van der Waals surface area contributed by atoms with E-state index in [0.717, 1.165) is 11.1 Å². The Labute approximate surface area is 142 Å². The van der Waals surface area contributed by atoms with Crippen molar-refractivity contribution in [2.45, 2.75) is 12.8 Å². The van der Waals surface area contributed by atoms with E-state index in [1.54, 1.807) is 18.2 Å². The van der Waals surface area contributed by atoms with Crippen LogP contribution in [-0.4, -0.2) is 32.4 Å². The van der Waals surface area contributed by atoms with E-state index in [4.69, 9.17) is 0 Å². The van der Waals surface area contributed by atoms with Gasteiger partial charge in [-0.05, 0) is 35.4 Å². The molecule has 0 bridgehead atoms. The molecule has 8 heteroatoms. The Morgan fingerprint density at radius 2 is 2.08 bits per heavy atom. The second-order valence-electron chi connectivity index (χ2n) is 5.72. The van der Waals surface area contributed by atoms with Crippen molar-refractivity contribution >= 4 is 23.2 Å². The van der Waals surface area contributed by atoms with Crippen LogP contribution in [0.25, 0.3) is 0 Å². The van der Waals surface area contributed by atoms with Gasteiger partial charge in [0.15, 0.2) is 5.82 Å². The number of benzene rings is 2. The van der Waals surface area contributed by atoms with E-state index in [1.165, 1.54) is 0 Å². The molecule has 2 amide bonds. The van der Waals surface area contributed by atoms with Gasteiger partial charge >= 0.3 is 0 Å². The fourth-order valence-electron chi connectivity index (χ4n) is 2.86. The van der Waals surface area contributed by atoms with Gasteiger partial charge in [0.25, 0.3) is 5.91 Å². The smallest absolute Gasteiger partial charge is 0.256 e. The normalized spacial score (nSPS) is 12.6. The predicted molar refractivity (Wildman–Crippen MR) is 90.2 cm³/mol. The van der Waals surface area contributed by atoms with Crippen LogP contribution >= 0.6 is 0 Å². The van der Waals surface area contributed by atoms with Gasteiger partial charge in [-0.1, -0.05) is 23.4 Å². The van der Waals surface area contributed by atoms with E-state index in [0.29, 0.717) is 29.2 Å². The first-order valence-electron chi connectivity index (χ1n) is 7.73. The molecule has 124 valence electrons. The number of anilines is 2. The summed E-state index contributed by atoms with van der Waals surface area (Å²) in [6.45, 7) is 0. The Kier molecular flexibility index (Phi) is 3.70. The average molecular weight is 334 g/mol. The molecule has 0 saturated heterocycles. The highest BCUT2D eigenvalue weighted by Crippen LogP contribution is 2.27. The van der Waals surface area contributed by atoms with E-state index in [9.17, 15) is 9.59 Å². The molecule has 2 heterocycles. The number of nitrogens with zero attached hydrogens (tertiary/aromatic N) is 3. The lowest BCUT2D eigenvalue weighted by Gasteiger charge is -2.09. The number of aromatic amines is 1. The summed E-state index contributed by atoms with van der Waals surface area (Å²) < 4.78 is 0. The van der Waals surface area contributed by atoms with Gasteiger partial charge in [0.05, 0.1) is 6.42 Å². The largest absolute Gasteiger partial charge is 0.326 e. The molecule has 0 radical (unpaired) electrons. The van der Waals surface area contributed by atoms with Gasteiger partial charge in [-0.2, -0.15) is 5.21 Å². The molecule has 1 aliphatic rings. The number of nitrogens with one attached hydrogen (secondary N) is 3. The van der Waals surface area contributed by atoms with Crippen LogP contribution in [0.3, 0.4) is 0 Å². The van der Waals surface area contributed by atoms with Gasteiger partial charge in [-0.15, -0.1) is 10.2 Å². The van der Waals surface area contributed by atoms with E-state index in [1.807, 2.05) is 24.3 Å². The quantitative estimate of drug-likeness (QED) is 0.670. The van der Waals surface area contributed by atoms with Crippen LogP contribution < -0.4 is 10.6 Å². The topological polar surface area (TPSA) is 113 Å². The highest BCUT2D eigenvalue weighted by molar-refractivity contribution is 6.10. The maximum Gasteiger partial charge on any atom is 0.256 e. The Morgan fingerprint density at radius 3 is 2.92 bits per heavy atom. The number of carbonyl (C=O) groups is 2. The third-order valence-corrected chi connectivity index (χ3v) is 3.97. The maximum atomic E-state index is 12.6. The summed E-state index contributed by atoms with van der Waals surface area (Å²) in [7, 11) is 0. The van der Waals surface area contributed by atoms with Crippen molar-refractivity contribution in [1.29, 1.82) is 0 Å². The first kappa shape index (κ1) is 15.0. The number of hydrogen-bond donors (Lipinski definition) is 3. The number of fused-ring (bicyclic) bond motifs is 1. The van der Waals surface area contributed by atoms with Crippen molar-refractivity contribution in [3.05, 3.63) is 65.0 Å². The van der Waals surface area contributed by atoms with Gasteiger partial charge in [-0.25, -0.2) is 0 Å². The van der Waals surface area contributed by atoms with E-state index >= 15 is 0 Å². The first-order valence-corrected chi connectivity index (χ1v) is 7.73. The zero-order valence-electron chi connectivity index (χ0n) is 13.1. The Morgan fingerprint density at radius 1 is 1.20 bits per heavy atom. The number of tetrazole rings is 1. The average Bonchev–Trinajstić information content (AvgIpc) is 3.23. The second kappa shape index (κ2) is 6.16. The van der Waals surface area contributed by atoms with Crippen molar-refractivity contribution in [3.63, 3.8) is 0 Å². The Hall–Kier alpha value is -3.55. The lowest BCUT2D eigenvalue weighted by molar-refractivity contribution is -0.115. The summed E-state index contributed by atoms with van der Waals surface area (Å²) in [6, 6.07) is 12.7. The van der Waals surface area contributed by atoms with Crippen LogP contribution in [0.2, 0.25) is 0 Å². The molecule has 2 aromatic carbocycles. The molecular weight excluding hydrogens is 320 g/mol. The van der Waals surface area contributed by atoms with Crippen molar-refractivity contribution in [1.82, 2.24) is 20.6 Å². The highest BCUT2D eigenvalue weighted by atomic mass is 16.2. The van der Waals surface area contributed by atoms with Gasteiger partial charge in [0, 0.05) is 23.4 Å². The summed E-state index contributed by atoms with van der Waals surface area (Å²) in [6.07, 6.45) is 0.732. The van der Waals surface area contributed by atoms with Crippen LogP contribution in [-0.2, 0) is 17.6 Å². The zero-order chi connectivity index (χ0) is 17.2. The molecule has 1 aromatic heterocycles. The molecule has 3 N–H and O–H groups in total. The van der Waals surface area contributed by atoms with Crippen LogP contribution in [0.5, 0.6) is 0 Å². The monoisotopic (exact) mass is 334 g/mol. The molecule has 3 aromatic rings. The SMILES string of the molecule is O=C1Cc2c(cccc2C(=O)Nc2cccc(Cc3nn[nH]n3)c2)N1. The summed E-state index contributed by atoms with van der Waals surface area (Å²) in [5.74, 6) is 0.233. The number of amides is 2. The van der Waals surface area contributed by atoms with E-state index < -0.39 is 0 Å². The number of hydrogen-bond acceptors (Lipinski definition) is 5. The minimum absolute atomic E-state index is 0.0997. The van der Waals surface area contributed by atoms with Crippen LogP contribution in [0.4, 0.5) is 11.4 Å². The number of carbonyl (C=O) groups excluding carboxylic acids is 2. The zero-order valence-corrected chi connectivity index (χ0v) is 13.1. The molecule has 25 heavy (non-hydrogen) atoms. The lowest BCUT2D eigenvalue weighted by Crippen LogP contribution is -2.14. The summed E-state index contributed by atoms with van der Waals surface area (Å²) >= 11 is 0. The molecule has 0 fully saturated rings. The summed E-state index contributed by atoms with van der Waals surface area (Å²) in [5.41, 5.74) is 3.55. The summed E-state index contributed by atoms with van der Waals surface area (Å²) in [5, 5.41) is 19.4. The van der Waals surface area contributed by atoms with Gasteiger partial charge < -0.3 is 10.6 Å². The van der Waals surface area contributed by atoms with Gasteiger partial charge in [0.2, 0.25) is 5.91 Å². The van der Waals surface area contributed by atoms with Crippen LogP contribution in [0, 0.1) is 0 Å². The molecule has 8 nitrogen and oxygen atoms in total. The van der Waals surface area contributed by atoms with Crippen molar-refractivity contribution < 1.29 is 9.59 Å². The molecule has 1 aliphatic heterocycles. The molecule has 0 aliphatic carbocycles. The fraction of sp³-hybridized carbons (Fsp3) is 0.118. The van der Waals surface area contributed by atoms with Gasteiger partial charge in [0.1, 0.15) is 0 Å². The van der Waals surface area contributed by atoms with Crippen molar-refractivity contribution in [2.75, 3.05) is 10.6 Å². The Bertz CT molecular complexity index is 952. The standard InChI is InChI=1S/C17H14N6O2/c24-16-9-13-12(5-2-6-14(13)19-16)17(25)18-11-4-1-3-10(7-11)8-15-20-22-23-21-15/h1-7H,8-9H2,(H,18,25)(H,19,24)(H,20,21,22,23). The molecule has 0 atom stereocenters. The lowest BCUT2D eigenvalue weighted by atomic mass is 10.0. The molecule has 4 rings (SSSR count). The van der Waals surface area contributed by atoms with Crippen LogP contribution in [0.1, 0.15) is 27.3 Å². The van der Waals surface area contributed by atoms with E-state index in [-0.39, 0.29) is 18.2 Å². The number of H-pyrrole nitrogens is 1. The number of aromatic nitrogens is 4. The molecule has 0 spiro atoms. The third kappa shape index (κ3) is 3.09. The van der Waals surface area contributed by atoms with Crippen molar-refractivity contribution in [3.8, 4) is 0 Å². The first-order chi connectivity index (χ1) is 12.2. The number of rotatable bonds is 4. The van der Waals surface area contributed by atoms with E-state index in [2.05, 4.69) is 31.3 Å². The second-order valence-corrected chi connectivity index (χ2v) is 5.72. The minimum Gasteiger partial charge on any atom is -0.326 e. The van der Waals surface area contributed by atoms with Gasteiger partial charge in [-0.3, -0.25) is 9.59 Å². The fourth-order valence-corrected chi connectivity index (χ4v) is 2.86. The van der Waals surface area contributed by atoms with Crippen LogP contribution in [0.15, 0.2) is 42.5 Å². The maximum absolute atomic E-state index is 12.6. The molecule has 0 saturated carbocycles. The molecule has 0 unspecified atom stereocenters. The Balaban J connectivity index is 1.54. The minimum atomic E-state index is -0.245. The summed E-state index contributed by atoms with van der Waals surface area (Å²) in [4.78, 5) is 24.2. The predicted octanol–water partition coefficient (Wildman–Crippen LogP) is 1.54. The third-order valence-electron chi connectivity index (χ3n) is 3.97. The highest BCUT2D eigenvalue weighted by Gasteiger charge is 2.23. The van der Waals surface area contributed by atoms with Crippen molar-refractivity contribution in [2.24, 2.45) is 0 Å². The molecular formula is C17H14N6O2.